The van der Waals surface area contributed by atoms with E-state index in [2.05, 4.69) is 0 Å². The van der Waals surface area contributed by atoms with E-state index in [-0.39, 0.29) is 29.5 Å². The Balaban J connectivity index is 2.11. The molecule has 1 saturated heterocycles. The summed E-state index contributed by atoms with van der Waals surface area (Å²) >= 11 is 0. The van der Waals surface area contributed by atoms with Crippen LogP contribution in [0.2, 0.25) is 0 Å². The molecule has 3 rings (SSSR count). The highest BCUT2D eigenvalue weighted by Gasteiger charge is 2.46. The Kier molecular flexibility index (Phi) is 7.44. The number of nitrogens with zero attached hydrogens (tertiary/aromatic N) is 2. The number of non-ortho nitro benzene ring substituents is 1. The van der Waals surface area contributed by atoms with Gasteiger partial charge in [0.05, 0.1) is 29.8 Å². The number of hydrogen-bond acceptors (Lipinski definition) is 7. The fraction of sp³-hybridized carbons (Fsp3) is 0.333. The molecular weight excluding hydrogens is 428 g/mol. The van der Waals surface area contributed by atoms with Gasteiger partial charge in [-0.1, -0.05) is 30.3 Å². The number of carbonyl (C=O) groups is 2. The van der Waals surface area contributed by atoms with Crippen molar-refractivity contribution in [2.24, 2.45) is 0 Å². The number of benzene rings is 2. The lowest BCUT2D eigenvalue weighted by atomic mass is 9.94. The van der Waals surface area contributed by atoms with E-state index < -0.39 is 28.4 Å². The molecule has 0 radical (unpaired) electrons. The van der Waals surface area contributed by atoms with Crippen LogP contribution in [-0.2, 0) is 14.3 Å². The highest BCUT2D eigenvalue weighted by molar-refractivity contribution is 6.46. The van der Waals surface area contributed by atoms with Crippen LogP contribution in [0.4, 0.5) is 5.69 Å². The third-order valence-electron chi connectivity index (χ3n) is 5.30. The first-order valence-electron chi connectivity index (χ1n) is 10.5. The van der Waals surface area contributed by atoms with Gasteiger partial charge in [0.15, 0.2) is 0 Å². The van der Waals surface area contributed by atoms with Crippen molar-refractivity contribution in [3.8, 4) is 5.75 Å². The summed E-state index contributed by atoms with van der Waals surface area (Å²) in [5.74, 6) is -1.66. The normalized spacial score (nSPS) is 17.6. The molecule has 1 amide bonds. The van der Waals surface area contributed by atoms with Crippen molar-refractivity contribution in [1.82, 2.24) is 4.90 Å². The molecule has 1 N–H and O–H groups in total. The minimum Gasteiger partial charge on any atom is -0.507 e. The van der Waals surface area contributed by atoms with Crippen LogP contribution in [0.15, 0.2) is 54.1 Å². The predicted molar refractivity (Wildman–Crippen MR) is 121 cm³/mol. The molecule has 0 unspecified atom stereocenters. The standard InChI is InChI=1S/C24H26N2O7/c1-15(2)33-13-7-12-25-21(18-10-4-5-11-19(18)32-3)20(23(28)24(25)29)22(27)16-8-6-9-17(14-16)26(30)31/h4-6,8-11,14-15,21,27H,7,12-13H2,1-3H3/t21-/m1/s1. The molecule has 1 aliphatic rings. The van der Waals surface area contributed by atoms with E-state index in [1.807, 2.05) is 13.8 Å². The van der Waals surface area contributed by atoms with Gasteiger partial charge in [0.2, 0.25) is 0 Å². The van der Waals surface area contributed by atoms with Crippen LogP contribution in [0, 0.1) is 10.1 Å². The van der Waals surface area contributed by atoms with Crippen molar-refractivity contribution in [3.05, 3.63) is 75.3 Å². The molecule has 1 fully saturated rings. The molecule has 0 saturated carbocycles. The Bertz CT molecular complexity index is 1090. The highest BCUT2D eigenvalue weighted by atomic mass is 16.6. The van der Waals surface area contributed by atoms with Crippen LogP contribution in [0.1, 0.15) is 37.4 Å². The quantitative estimate of drug-likeness (QED) is 0.153. The van der Waals surface area contributed by atoms with Gasteiger partial charge in [0.25, 0.3) is 17.4 Å². The molecule has 9 heteroatoms. The third-order valence-corrected chi connectivity index (χ3v) is 5.30. The van der Waals surface area contributed by atoms with E-state index in [0.717, 1.165) is 0 Å². The first kappa shape index (κ1) is 23.9. The van der Waals surface area contributed by atoms with Gasteiger partial charge in [0, 0.05) is 36.4 Å². The third kappa shape index (κ3) is 5.04. The Morgan fingerprint density at radius 3 is 2.58 bits per heavy atom. The summed E-state index contributed by atoms with van der Waals surface area (Å²) in [7, 11) is 1.47. The summed E-state index contributed by atoms with van der Waals surface area (Å²) in [5, 5.41) is 22.2. The molecule has 1 aliphatic heterocycles. The van der Waals surface area contributed by atoms with E-state index in [1.165, 1.54) is 36.3 Å². The van der Waals surface area contributed by atoms with Gasteiger partial charge in [-0.3, -0.25) is 19.7 Å². The number of ketones is 1. The van der Waals surface area contributed by atoms with Crippen LogP contribution in [0.25, 0.3) is 5.76 Å². The van der Waals surface area contributed by atoms with Crippen molar-refractivity contribution in [2.45, 2.75) is 32.4 Å². The minimum atomic E-state index is -0.917. The molecule has 9 nitrogen and oxygen atoms in total. The van der Waals surface area contributed by atoms with E-state index in [4.69, 9.17) is 9.47 Å². The fourth-order valence-corrected chi connectivity index (χ4v) is 3.80. The molecule has 0 aromatic heterocycles. The van der Waals surface area contributed by atoms with Crippen LogP contribution in [0.3, 0.4) is 0 Å². The van der Waals surface area contributed by atoms with Gasteiger partial charge in [0.1, 0.15) is 11.5 Å². The number of aliphatic hydroxyl groups excluding tert-OH is 1. The van der Waals surface area contributed by atoms with Crippen LogP contribution < -0.4 is 4.74 Å². The average molecular weight is 454 g/mol. The second-order valence-corrected chi connectivity index (χ2v) is 7.81. The Morgan fingerprint density at radius 2 is 1.91 bits per heavy atom. The topological polar surface area (TPSA) is 119 Å². The SMILES string of the molecule is COc1ccccc1[C@@H]1C(=C(O)c2cccc([N+](=O)[O-])c2)C(=O)C(=O)N1CCCOC(C)C. The lowest BCUT2D eigenvalue weighted by Crippen LogP contribution is -2.31. The Hall–Kier alpha value is -3.72. The molecule has 0 spiro atoms. The number of hydrogen-bond donors (Lipinski definition) is 1. The van der Waals surface area contributed by atoms with E-state index >= 15 is 0 Å². The second kappa shape index (κ2) is 10.3. The minimum absolute atomic E-state index is 0.0271. The Morgan fingerprint density at radius 1 is 1.18 bits per heavy atom. The van der Waals surface area contributed by atoms with Crippen molar-refractivity contribution < 1.29 is 29.1 Å². The van der Waals surface area contributed by atoms with Gasteiger partial charge in [-0.2, -0.15) is 0 Å². The average Bonchev–Trinajstić information content (AvgIpc) is 3.06. The highest BCUT2D eigenvalue weighted by Crippen LogP contribution is 2.42. The zero-order valence-corrected chi connectivity index (χ0v) is 18.7. The summed E-state index contributed by atoms with van der Waals surface area (Å²) in [6, 6.07) is 11.3. The molecule has 1 atom stereocenters. The number of nitro groups is 1. The van der Waals surface area contributed by atoms with Crippen LogP contribution >= 0.6 is 0 Å². The maximum absolute atomic E-state index is 13.1. The first-order chi connectivity index (χ1) is 15.8. The van der Waals surface area contributed by atoms with Gasteiger partial charge < -0.3 is 19.5 Å². The van der Waals surface area contributed by atoms with Crippen molar-refractivity contribution in [3.63, 3.8) is 0 Å². The van der Waals surface area contributed by atoms with E-state index in [9.17, 15) is 24.8 Å². The summed E-state index contributed by atoms with van der Waals surface area (Å²) in [4.78, 5) is 38.0. The Labute approximate surface area is 191 Å². The molecule has 2 aromatic carbocycles. The lowest BCUT2D eigenvalue weighted by Gasteiger charge is -2.26. The summed E-state index contributed by atoms with van der Waals surface area (Å²) in [6.07, 6.45) is 0.507. The number of Topliss-reactive ketones (excluding diaryl/α,β-unsaturated/α-hetero) is 1. The van der Waals surface area contributed by atoms with Gasteiger partial charge in [-0.15, -0.1) is 0 Å². The number of ether oxygens (including phenoxy) is 2. The van der Waals surface area contributed by atoms with Crippen LogP contribution in [-0.4, -0.2) is 53.0 Å². The van der Waals surface area contributed by atoms with E-state index in [0.29, 0.717) is 24.3 Å². The number of carbonyl (C=O) groups excluding carboxylic acids is 2. The molecule has 1 heterocycles. The molecule has 174 valence electrons. The van der Waals surface area contributed by atoms with E-state index in [1.54, 1.807) is 24.3 Å². The van der Waals surface area contributed by atoms with Gasteiger partial charge >= 0.3 is 0 Å². The summed E-state index contributed by atoms with van der Waals surface area (Å²) in [6.45, 7) is 4.41. The number of rotatable bonds is 9. The molecule has 2 aromatic rings. The van der Waals surface area contributed by atoms with Gasteiger partial charge in [-0.25, -0.2) is 0 Å². The summed E-state index contributed by atoms with van der Waals surface area (Å²) < 4.78 is 11.0. The number of aliphatic hydroxyl groups is 1. The number of amides is 1. The van der Waals surface area contributed by atoms with Crippen molar-refractivity contribution in [2.75, 3.05) is 20.3 Å². The number of para-hydroxylation sites is 1. The maximum atomic E-state index is 13.1. The predicted octanol–water partition coefficient (Wildman–Crippen LogP) is 3.84. The second-order valence-electron chi connectivity index (χ2n) is 7.81. The zero-order valence-electron chi connectivity index (χ0n) is 18.7. The fourth-order valence-electron chi connectivity index (χ4n) is 3.80. The lowest BCUT2D eigenvalue weighted by molar-refractivity contribution is -0.384. The van der Waals surface area contributed by atoms with Crippen molar-refractivity contribution >= 4 is 23.1 Å². The first-order valence-corrected chi connectivity index (χ1v) is 10.5. The molecular formula is C24H26N2O7. The smallest absolute Gasteiger partial charge is 0.295 e. The molecule has 33 heavy (non-hydrogen) atoms. The zero-order chi connectivity index (χ0) is 24.1. The van der Waals surface area contributed by atoms with Gasteiger partial charge in [-0.05, 0) is 26.3 Å². The molecule has 0 bridgehead atoms. The van der Waals surface area contributed by atoms with Crippen LogP contribution in [0.5, 0.6) is 5.75 Å². The number of likely N-dealkylation sites (tertiary alicyclic amines) is 1. The molecule has 0 aliphatic carbocycles. The monoisotopic (exact) mass is 454 g/mol. The number of methoxy groups -OCH3 is 1. The largest absolute Gasteiger partial charge is 0.507 e. The van der Waals surface area contributed by atoms with Crippen molar-refractivity contribution in [1.29, 1.82) is 0 Å². The summed E-state index contributed by atoms with van der Waals surface area (Å²) in [5.41, 5.74) is 0.212. The number of nitro benzene ring substituents is 1. The maximum Gasteiger partial charge on any atom is 0.295 e.